The molecule has 2 aromatic rings. The summed E-state index contributed by atoms with van der Waals surface area (Å²) in [5, 5.41) is 12.9. The second-order valence-corrected chi connectivity index (χ2v) is 4.88. The Hall–Kier alpha value is -2.77. The largest absolute Gasteiger partial charge is 0.345 e. The molecule has 2 aromatic heterocycles. The molecule has 0 saturated carbocycles. The summed E-state index contributed by atoms with van der Waals surface area (Å²) in [4.78, 5) is 34.3. The van der Waals surface area contributed by atoms with E-state index in [0.717, 1.165) is 0 Å². The average molecular weight is 302 g/mol. The van der Waals surface area contributed by atoms with Gasteiger partial charge in [-0.15, -0.1) is 0 Å². The molecule has 2 rings (SSSR count). The monoisotopic (exact) mass is 302 g/mol. The summed E-state index contributed by atoms with van der Waals surface area (Å²) in [6.45, 7) is 3.44. The highest BCUT2D eigenvalue weighted by molar-refractivity contribution is 6.38. The summed E-state index contributed by atoms with van der Waals surface area (Å²) < 4.78 is 0. The van der Waals surface area contributed by atoms with Gasteiger partial charge in [0.25, 0.3) is 0 Å². The number of rotatable bonds is 6. The van der Waals surface area contributed by atoms with Gasteiger partial charge in [-0.05, 0) is 12.5 Å². The predicted molar refractivity (Wildman–Crippen MR) is 83.1 cm³/mol. The molecule has 0 spiro atoms. The zero-order valence-corrected chi connectivity index (χ0v) is 12.4. The predicted octanol–water partition coefficient (Wildman–Crippen LogP) is 1.71. The standard InChI is InChI=1S/C14H18N6O2/c1-3-9(12(15)8(2)21)6-18-14(22)20-11-7-17-13-10(19-11)4-5-16-13/h4-5,7,9,15H,3,6H2,1-2H3,(H,16,17)(H2,18,19,20,22). The van der Waals surface area contributed by atoms with Gasteiger partial charge in [-0.3, -0.25) is 10.1 Å². The van der Waals surface area contributed by atoms with Gasteiger partial charge in [0.15, 0.2) is 17.2 Å². The smallest absolute Gasteiger partial charge is 0.320 e. The van der Waals surface area contributed by atoms with Crippen LogP contribution in [0.15, 0.2) is 18.5 Å². The van der Waals surface area contributed by atoms with Crippen LogP contribution in [0.4, 0.5) is 10.6 Å². The number of carbonyl (C=O) groups excluding carboxylic acids is 2. The Morgan fingerprint density at radius 1 is 1.45 bits per heavy atom. The number of fused-ring (bicyclic) bond motifs is 1. The number of carbonyl (C=O) groups is 2. The normalized spacial score (nSPS) is 11.9. The molecule has 1 unspecified atom stereocenters. The van der Waals surface area contributed by atoms with E-state index in [1.54, 1.807) is 12.3 Å². The topological polar surface area (TPSA) is 124 Å². The molecule has 0 aliphatic heterocycles. The third-order valence-electron chi connectivity index (χ3n) is 3.29. The minimum Gasteiger partial charge on any atom is -0.345 e. The van der Waals surface area contributed by atoms with Crippen LogP contribution in [-0.4, -0.2) is 39.0 Å². The number of aromatic nitrogens is 3. The molecule has 0 bridgehead atoms. The Morgan fingerprint density at radius 2 is 2.23 bits per heavy atom. The van der Waals surface area contributed by atoms with Gasteiger partial charge < -0.3 is 15.7 Å². The van der Waals surface area contributed by atoms with E-state index in [0.29, 0.717) is 23.4 Å². The fraction of sp³-hybridized carbons (Fsp3) is 0.357. The lowest BCUT2D eigenvalue weighted by Gasteiger charge is -2.15. The molecule has 1 atom stereocenters. The molecular weight excluding hydrogens is 284 g/mol. The van der Waals surface area contributed by atoms with Crippen LogP contribution < -0.4 is 10.6 Å². The number of Topliss-reactive ketones (excluding diaryl/α,β-unsaturated/α-hetero) is 1. The lowest BCUT2D eigenvalue weighted by atomic mass is 9.98. The Bertz CT molecular complexity index is 708. The van der Waals surface area contributed by atoms with Crippen LogP contribution in [-0.2, 0) is 4.79 Å². The Morgan fingerprint density at radius 3 is 2.91 bits per heavy atom. The molecule has 0 aliphatic rings. The second kappa shape index (κ2) is 6.79. The number of H-pyrrole nitrogens is 1. The van der Waals surface area contributed by atoms with Gasteiger partial charge in [0, 0.05) is 25.6 Å². The SMILES string of the molecule is CCC(CNC(=O)Nc1cnc2[nH]ccc2n1)C(=N)C(C)=O. The van der Waals surface area contributed by atoms with Gasteiger partial charge in [0.2, 0.25) is 0 Å². The number of hydrogen-bond acceptors (Lipinski definition) is 5. The molecular formula is C14H18N6O2. The number of aromatic amines is 1. The molecule has 22 heavy (non-hydrogen) atoms. The second-order valence-electron chi connectivity index (χ2n) is 4.88. The summed E-state index contributed by atoms with van der Waals surface area (Å²) in [5.74, 6) is -0.237. The van der Waals surface area contributed by atoms with Gasteiger partial charge >= 0.3 is 6.03 Å². The highest BCUT2D eigenvalue weighted by Gasteiger charge is 2.17. The van der Waals surface area contributed by atoms with E-state index in [2.05, 4.69) is 25.6 Å². The maximum atomic E-state index is 11.8. The van der Waals surface area contributed by atoms with Crippen LogP contribution >= 0.6 is 0 Å². The van der Waals surface area contributed by atoms with Crippen LogP contribution in [0, 0.1) is 11.3 Å². The van der Waals surface area contributed by atoms with Gasteiger partial charge in [0.05, 0.1) is 11.9 Å². The summed E-state index contributed by atoms with van der Waals surface area (Å²) in [6, 6.07) is 1.31. The first-order chi connectivity index (χ1) is 10.5. The number of nitrogens with zero attached hydrogens (tertiary/aromatic N) is 2. The molecule has 0 fully saturated rings. The lowest BCUT2D eigenvalue weighted by molar-refractivity contribution is -0.111. The summed E-state index contributed by atoms with van der Waals surface area (Å²) >= 11 is 0. The molecule has 8 heteroatoms. The first-order valence-electron chi connectivity index (χ1n) is 6.95. The number of anilines is 1. The van der Waals surface area contributed by atoms with Crippen molar-refractivity contribution in [3.63, 3.8) is 0 Å². The van der Waals surface area contributed by atoms with E-state index in [1.807, 2.05) is 6.92 Å². The van der Waals surface area contributed by atoms with Crippen molar-refractivity contribution in [1.82, 2.24) is 20.3 Å². The first kappa shape index (κ1) is 15.6. The van der Waals surface area contributed by atoms with Gasteiger partial charge in [0.1, 0.15) is 5.52 Å². The molecule has 0 aromatic carbocycles. The summed E-state index contributed by atoms with van der Waals surface area (Å²) in [7, 11) is 0. The van der Waals surface area contributed by atoms with Crippen molar-refractivity contribution in [1.29, 1.82) is 5.41 Å². The molecule has 2 heterocycles. The van der Waals surface area contributed by atoms with Crippen molar-refractivity contribution in [3.05, 3.63) is 18.5 Å². The van der Waals surface area contributed by atoms with E-state index in [-0.39, 0.29) is 24.0 Å². The van der Waals surface area contributed by atoms with Crippen molar-refractivity contribution in [3.8, 4) is 0 Å². The third kappa shape index (κ3) is 3.66. The lowest BCUT2D eigenvalue weighted by Crippen LogP contribution is -2.37. The van der Waals surface area contributed by atoms with E-state index in [1.165, 1.54) is 13.1 Å². The fourth-order valence-corrected chi connectivity index (χ4v) is 2.00. The van der Waals surface area contributed by atoms with Crippen LogP contribution in [0.25, 0.3) is 11.2 Å². The number of hydrogen-bond donors (Lipinski definition) is 4. The molecule has 0 saturated heterocycles. The highest BCUT2D eigenvalue weighted by atomic mass is 16.2. The third-order valence-corrected chi connectivity index (χ3v) is 3.29. The van der Waals surface area contributed by atoms with Crippen molar-refractivity contribution in [2.45, 2.75) is 20.3 Å². The van der Waals surface area contributed by atoms with Crippen molar-refractivity contribution in [2.75, 3.05) is 11.9 Å². The van der Waals surface area contributed by atoms with Gasteiger partial charge in [-0.1, -0.05) is 6.92 Å². The molecule has 4 N–H and O–H groups in total. The Kier molecular flexibility index (Phi) is 4.82. The van der Waals surface area contributed by atoms with Crippen LogP contribution in [0.3, 0.4) is 0 Å². The minimum atomic E-state index is -0.445. The number of amides is 2. The average Bonchev–Trinajstić information content (AvgIpc) is 2.95. The summed E-state index contributed by atoms with van der Waals surface area (Å²) in [6.07, 6.45) is 3.77. The van der Waals surface area contributed by atoms with E-state index >= 15 is 0 Å². The van der Waals surface area contributed by atoms with Crippen LogP contribution in [0.1, 0.15) is 20.3 Å². The Balaban J connectivity index is 1.92. The van der Waals surface area contributed by atoms with Crippen molar-refractivity contribution < 1.29 is 9.59 Å². The fourth-order valence-electron chi connectivity index (χ4n) is 2.00. The summed E-state index contributed by atoms with van der Waals surface area (Å²) in [5.41, 5.74) is 1.32. The van der Waals surface area contributed by atoms with Crippen molar-refractivity contribution in [2.24, 2.45) is 5.92 Å². The van der Waals surface area contributed by atoms with Crippen molar-refractivity contribution >= 4 is 34.5 Å². The van der Waals surface area contributed by atoms with E-state index in [4.69, 9.17) is 5.41 Å². The van der Waals surface area contributed by atoms with E-state index < -0.39 is 6.03 Å². The van der Waals surface area contributed by atoms with Gasteiger partial charge in [-0.25, -0.2) is 14.8 Å². The van der Waals surface area contributed by atoms with E-state index in [9.17, 15) is 9.59 Å². The zero-order chi connectivity index (χ0) is 16.1. The van der Waals surface area contributed by atoms with Gasteiger partial charge in [-0.2, -0.15) is 0 Å². The minimum absolute atomic E-state index is 0.0244. The first-order valence-corrected chi connectivity index (χ1v) is 6.95. The molecule has 8 nitrogen and oxygen atoms in total. The molecule has 116 valence electrons. The number of nitrogens with one attached hydrogen (secondary N) is 4. The molecule has 0 radical (unpaired) electrons. The van der Waals surface area contributed by atoms with Crippen LogP contribution in [0.2, 0.25) is 0 Å². The highest BCUT2D eigenvalue weighted by Crippen LogP contribution is 2.10. The quantitative estimate of drug-likeness (QED) is 0.606. The zero-order valence-electron chi connectivity index (χ0n) is 12.4. The Labute approximate surface area is 127 Å². The number of ketones is 1. The molecule has 2 amide bonds. The van der Waals surface area contributed by atoms with Crippen LogP contribution in [0.5, 0.6) is 0 Å². The number of urea groups is 1. The maximum absolute atomic E-state index is 11.8. The molecule has 0 aliphatic carbocycles. The maximum Gasteiger partial charge on any atom is 0.320 e.